The molecule has 21 heavy (non-hydrogen) atoms. The molecule has 1 unspecified atom stereocenters. The van der Waals surface area contributed by atoms with Crippen LogP contribution >= 0.6 is 11.3 Å². The summed E-state index contributed by atoms with van der Waals surface area (Å²) in [6.45, 7) is 3.44. The number of rotatable bonds is 4. The van der Waals surface area contributed by atoms with E-state index in [1.165, 1.54) is 4.68 Å². The van der Waals surface area contributed by atoms with Gasteiger partial charge in [-0.05, 0) is 41.3 Å². The Morgan fingerprint density at radius 1 is 1.43 bits per heavy atom. The van der Waals surface area contributed by atoms with Crippen molar-refractivity contribution in [3.05, 3.63) is 30.3 Å². The Kier molecular flexibility index (Phi) is 3.21. The van der Waals surface area contributed by atoms with Gasteiger partial charge in [0.15, 0.2) is 11.4 Å². The minimum Gasteiger partial charge on any atom is -0.479 e. The lowest BCUT2D eigenvalue weighted by molar-refractivity contribution is -0.147. The predicted molar refractivity (Wildman–Crippen MR) is 80.2 cm³/mol. The van der Waals surface area contributed by atoms with Crippen LogP contribution in [0.4, 0.5) is 0 Å². The van der Waals surface area contributed by atoms with Gasteiger partial charge in [-0.1, -0.05) is 25.1 Å². The van der Waals surface area contributed by atoms with Crippen LogP contribution < -0.4 is 0 Å². The van der Waals surface area contributed by atoms with E-state index in [9.17, 15) is 9.90 Å². The van der Waals surface area contributed by atoms with E-state index in [-0.39, 0.29) is 0 Å². The van der Waals surface area contributed by atoms with E-state index in [4.69, 9.17) is 0 Å². The normalized spacial score (nSPS) is 14.2. The minimum atomic E-state index is -1.16. The molecule has 0 fully saturated rings. The first kappa shape index (κ1) is 13.7. The Labute approximate surface area is 125 Å². The topological polar surface area (TPSA) is 80.9 Å². The molecule has 0 saturated heterocycles. The maximum atomic E-state index is 11.6. The molecule has 0 bridgehead atoms. The fraction of sp³-hybridized carbons (Fsp3) is 0.286. The van der Waals surface area contributed by atoms with Crippen molar-refractivity contribution in [3.63, 3.8) is 0 Å². The van der Waals surface area contributed by atoms with E-state index in [2.05, 4.69) is 15.5 Å². The highest BCUT2D eigenvalue weighted by Crippen LogP contribution is 2.34. The maximum Gasteiger partial charge on any atom is 0.331 e. The second-order valence-corrected chi connectivity index (χ2v) is 6.08. The molecular weight excluding hydrogens is 288 g/mol. The van der Waals surface area contributed by atoms with Gasteiger partial charge in [0, 0.05) is 4.70 Å². The SMILES string of the molecule is CCC(C)(C(=O)O)n1nnnc1-c1cc2ccccc2s1. The van der Waals surface area contributed by atoms with Gasteiger partial charge in [0.25, 0.3) is 0 Å². The predicted octanol–water partition coefficient (Wildman–Crippen LogP) is 2.76. The number of hydrogen-bond acceptors (Lipinski definition) is 5. The lowest BCUT2D eigenvalue weighted by Gasteiger charge is -2.23. The summed E-state index contributed by atoms with van der Waals surface area (Å²) in [6, 6.07) is 9.96. The van der Waals surface area contributed by atoms with Crippen LogP contribution in [0.3, 0.4) is 0 Å². The van der Waals surface area contributed by atoms with Crippen LogP contribution in [0.15, 0.2) is 30.3 Å². The van der Waals surface area contributed by atoms with E-state index >= 15 is 0 Å². The van der Waals surface area contributed by atoms with Crippen molar-refractivity contribution in [2.75, 3.05) is 0 Å². The molecule has 7 heteroatoms. The molecule has 0 radical (unpaired) electrons. The van der Waals surface area contributed by atoms with Crippen molar-refractivity contribution >= 4 is 27.4 Å². The third-order valence-electron chi connectivity index (χ3n) is 3.73. The van der Waals surface area contributed by atoms with Gasteiger partial charge in [-0.2, -0.15) is 0 Å². The van der Waals surface area contributed by atoms with Gasteiger partial charge in [-0.3, -0.25) is 0 Å². The van der Waals surface area contributed by atoms with Crippen molar-refractivity contribution in [2.45, 2.75) is 25.8 Å². The molecule has 1 atom stereocenters. The molecule has 0 aliphatic heterocycles. The highest BCUT2D eigenvalue weighted by atomic mass is 32.1. The molecule has 1 N–H and O–H groups in total. The number of carbonyl (C=O) groups is 1. The second kappa shape index (κ2) is 4.92. The van der Waals surface area contributed by atoms with Crippen LogP contribution in [-0.4, -0.2) is 31.3 Å². The first-order valence-electron chi connectivity index (χ1n) is 6.57. The number of carboxylic acids is 1. The monoisotopic (exact) mass is 302 g/mol. The summed E-state index contributed by atoms with van der Waals surface area (Å²) >= 11 is 1.55. The Morgan fingerprint density at radius 3 is 2.86 bits per heavy atom. The number of thiophene rings is 1. The van der Waals surface area contributed by atoms with Gasteiger partial charge >= 0.3 is 5.97 Å². The van der Waals surface area contributed by atoms with Gasteiger partial charge in [-0.15, -0.1) is 16.4 Å². The van der Waals surface area contributed by atoms with Crippen molar-refractivity contribution in [2.24, 2.45) is 0 Å². The smallest absolute Gasteiger partial charge is 0.331 e. The fourth-order valence-corrected chi connectivity index (χ4v) is 3.19. The number of benzene rings is 1. The molecule has 1 aromatic carbocycles. The summed E-state index contributed by atoms with van der Waals surface area (Å²) < 4.78 is 2.52. The average Bonchev–Trinajstić information content (AvgIpc) is 3.12. The molecule has 0 aliphatic carbocycles. The molecule has 3 rings (SSSR count). The third kappa shape index (κ3) is 2.09. The highest BCUT2D eigenvalue weighted by Gasteiger charge is 2.37. The zero-order valence-corrected chi connectivity index (χ0v) is 12.5. The second-order valence-electron chi connectivity index (χ2n) is 5.00. The van der Waals surface area contributed by atoms with Crippen LogP contribution in [0.1, 0.15) is 20.3 Å². The lowest BCUT2D eigenvalue weighted by Crippen LogP contribution is -2.39. The molecule has 0 aliphatic rings. The number of aliphatic carboxylic acids is 1. The minimum absolute atomic E-state index is 0.394. The molecule has 108 valence electrons. The number of carboxylic acid groups (broad SMARTS) is 1. The molecule has 0 saturated carbocycles. The van der Waals surface area contributed by atoms with E-state index in [1.807, 2.05) is 37.3 Å². The van der Waals surface area contributed by atoms with E-state index in [0.717, 1.165) is 15.0 Å². The van der Waals surface area contributed by atoms with E-state index in [1.54, 1.807) is 18.3 Å². The Morgan fingerprint density at radius 2 is 2.19 bits per heavy atom. The van der Waals surface area contributed by atoms with Gasteiger partial charge in [0.2, 0.25) is 0 Å². The summed E-state index contributed by atoms with van der Waals surface area (Å²) in [4.78, 5) is 12.5. The van der Waals surface area contributed by atoms with Gasteiger partial charge in [-0.25, -0.2) is 9.48 Å². The van der Waals surface area contributed by atoms with Gasteiger partial charge < -0.3 is 5.11 Å². The molecule has 2 aromatic heterocycles. The summed E-state index contributed by atoms with van der Waals surface area (Å²) in [7, 11) is 0. The van der Waals surface area contributed by atoms with Crippen molar-refractivity contribution in [3.8, 4) is 10.7 Å². The number of tetrazole rings is 1. The van der Waals surface area contributed by atoms with Crippen LogP contribution in [-0.2, 0) is 10.3 Å². The van der Waals surface area contributed by atoms with Gasteiger partial charge in [0.05, 0.1) is 4.88 Å². The molecule has 0 spiro atoms. The molecule has 2 heterocycles. The van der Waals surface area contributed by atoms with Crippen LogP contribution in [0.2, 0.25) is 0 Å². The highest BCUT2D eigenvalue weighted by molar-refractivity contribution is 7.22. The quantitative estimate of drug-likeness (QED) is 0.801. The standard InChI is InChI=1S/C14H14N4O2S/c1-3-14(2,13(19)20)18-12(15-16-17-18)11-8-9-6-4-5-7-10(9)21-11/h4-8H,3H2,1-2H3,(H,19,20). The Hall–Kier alpha value is -2.28. The first-order valence-corrected chi connectivity index (χ1v) is 7.39. The zero-order chi connectivity index (χ0) is 15.0. The largest absolute Gasteiger partial charge is 0.479 e. The summed E-state index contributed by atoms with van der Waals surface area (Å²) in [6.07, 6.45) is 0.394. The number of hydrogen-bond donors (Lipinski definition) is 1. The summed E-state index contributed by atoms with van der Waals surface area (Å²) in [5.74, 6) is -0.456. The van der Waals surface area contributed by atoms with E-state index in [0.29, 0.717) is 12.2 Å². The fourth-order valence-electron chi connectivity index (χ4n) is 2.16. The number of fused-ring (bicyclic) bond motifs is 1. The summed E-state index contributed by atoms with van der Waals surface area (Å²) in [5.41, 5.74) is -1.16. The first-order chi connectivity index (χ1) is 10.1. The van der Waals surface area contributed by atoms with Crippen molar-refractivity contribution in [1.82, 2.24) is 20.2 Å². The Bertz CT molecular complexity index is 777. The number of aromatic nitrogens is 4. The number of nitrogens with zero attached hydrogens (tertiary/aromatic N) is 4. The lowest BCUT2D eigenvalue weighted by atomic mass is 9.99. The van der Waals surface area contributed by atoms with Crippen molar-refractivity contribution in [1.29, 1.82) is 0 Å². The molecule has 3 aromatic rings. The molecule has 6 nitrogen and oxygen atoms in total. The average molecular weight is 302 g/mol. The van der Waals surface area contributed by atoms with Gasteiger partial charge in [0.1, 0.15) is 0 Å². The molecule has 0 amide bonds. The van der Waals surface area contributed by atoms with Crippen LogP contribution in [0, 0.1) is 0 Å². The zero-order valence-electron chi connectivity index (χ0n) is 11.6. The van der Waals surface area contributed by atoms with Crippen LogP contribution in [0.25, 0.3) is 20.8 Å². The van der Waals surface area contributed by atoms with Crippen LogP contribution in [0.5, 0.6) is 0 Å². The third-order valence-corrected chi connectivity index (χ3v) is 4.84. The Balaban J connectivity index is 2.16. The summed E-state index contributed by atoms with van der Waals surface area (Å²) in [5, 5.41) is 22.2. The molecular formula is C14H14N4O2S. The van der Waals surface area contributed by atoms with Crippen molar-refractivity contribution < 1.29 is 9.90 Å². The van der Waals surface area contributed by atoms with E-state index < -0.39 is 11.5 Å². The maximum absolute atomic E-state index is 11.6.